The molecule has 4 nitrogen and oxygen atoms in total. The van der Waals surface area contributed by atoms with Crippen molar-refractivity contribution in [1.82, 2.24) is 9.99 Å². The van der Waals surface area contributed by atoms with E-state index in [4.69, 9.17) is 0 Å². The van der Waals surface area contributed by atoms with Gasteiger partial charge in [-0.2, -0.15) is 5.10 Å². The third-order valence-electron chi connectivity index (χ3n) is 3.55. The molecule has 0 bridgehead atoms. The first-order valence-electron chi connectivity index (χ1n) is 7.61. The molecule has 0 saturated carbocycles. The number of halogens is 2. The Morgan fingerprint density at radius 3 is 2.32 bits per heavy atom. The van der Waals surface area contributed by atoms with Crippen molar-refractivity contribution >= 4 is 12.1 Å². The van der Waals surface area contributed by atoms with E-state index < -0.39 is 0 Å². The summed E-state index contributed by atoms with van der Waals surface area (Å²) in [6, 6.07) is 15.4. The molecule has 3 rings (SSSR count). The molecule has 1 N–H and O–H groups in total. The number of nitrogens with zero attached hydrogens (tertiary/aromatic N) is 2. The van der Waals surface area contributed by atoms with Crippen molar-refractivity contribution in [3.05, 3.63) is 89.8 Å². The maximum absolute atomic E-state index is 13.0. The third kappa shape index (κ3) is 4.38. The van der Waals surface area contributed by atoms with Gasteiger partial charge in [0.2, 0.25) is 5.91 Å². The Labute approximate surface area is 143 Å². The summed E-state index contributed by atoms with van der Waals surface area (Å²) in [6.07, 6.45) is 3.43. The number of nitrogens with one attached hydrogen (secondary N) is 1. The second kappa shape index (κ2) is 7.53. The summed E-state index contributed by atoms with van der Waals surface area (Å²) >= 11 is 0. The van der Waals surface area contributed by atoms with Crippen LogP contribution in [0.3, 0.4) is 0 Å². The van der Waals surface area contributed by atoms with Crippen molar-refractivity contribution in [3.8, 4) is 5.69 Å². The van der Waals surface area contributed by atoms with Gasteiger partial charge < -0.3 is 4.57 Å². The van der Waals surface area contributed by atoms with E-state index in [9.17, 15) is 13.6 Å². The van der Waals surface area contributed by atoms with Crippen LogP contribution in [0.15, 0.2) is 72.0 Å². The Hall–Kier alpha value is -3.28. The zero-order valence-electron chi connectivity index (χ0n) is 13.2. The average Bonchev–Trinajstić information content (AvgIpc) is 3.06. The van der Waals surface area contributed by atoms with Gasteiger partial charge in [0, 0.05) is 11.9 Å². The molecule has 0 saturated heterocycles. The minimum atomic E-state index is -0.344. The molecule has 0 spiro atoms. The molecular formula is C19H15F2N3O. The first kappa shape index (κ1) is 16.6. The van der Waals surface area contributed by atoms with Gasteiger partial charge in [0.15, 0.2) is 0 Å². The maximum Gasteiger partial charge on any atom is 0.244 e. The topological polar surface area (TPSA) is 46.4 Å². The summed E-state index contributed by atoms with van der Waals surface area (Å²) in [5.74, 6) is -0.953. The van der Waals surface area contributed by atoms with Crippen molar-refractivity contribution in [2.45, 2.75) is 6.42 Å². The van der Waals surface area contributed by atoms with Crippen LogP contribution in [0, 0.1) is 11.6 Å². The molecule has 0 atom stereocenters. The maximum atomic E-state index is 13.0. The molecular weight excluding hydrogens is 324 g/mol. The molecule has 0 fully saturated rings. The Kier molecular flexibility index (Phi) is 4.99. The molecule has 1 heterocycles. The zero-order chi connectivity index (χ0) is 17.6. The molecule has 0 aliphatic heterocycles. The minimum absolute atomic E-state index is 0.108. The lowest BCUT2D eigenvalue weighted by Gasteiger charge is -2.06. The van der Waals surface area contributed by atoms with Gasteiger partial charge in [-0.15, -0.1) is 0 Å². The summed E-state index contributed by atoms with van der Waals surface area (Å²) in [5, 5.41) is 3.94. The summed E-state index contributed by atoms with van der Waals surface area (Å²) in [4.78, 5) is 11.9. The van der Waals surface area contributed by atoms with E-state index >= 15 is 0 Å². The monoisotopic (exact) mass is 339 g/mol. The van der Waals surface area contributed by atoms with Gasteiger partial charge in [0.1, 0.15) is 11.6 Å². The molecule has 0 unspecified atom stereocenters. The van der Waals surface area contributed by atoms with Crippen molar-refractivity contribution in [1.29, 1.82) is 0 Å². The Balaban J connectivity index is 1.63. The van der Waals surface area contributed by atoms with Gasteiger partial charge in [-0.25, -0.2) is 14.2 Å². The molecule has 2 aromatic carbocycles. The second-order valence-electron chi connectivity index (χ2n) is 5.38. The first-order chi connectivity index (χ1) is 12.1. The second-order valence-corrected chi connectivity index (χ2v) is 5.38. The van der Waals surface area contributed by atoms with Gasteiger partial charge in [-0.3, -0.25) is 4.79 Å². The van der Waals surface area contributed by atoms with Crippen molar-refractivity contribution in [2.24, 2.45) is 5.10 Å². The number of amides is 1. The number of benzene rings is 2. The fourth-order valence-corrected chi connectivity index (χ4v) is 2.33. The van der Waals surface area contributed by atoms with Gasteiger partial charge in [0.25, 0.3) is 0 Å². The molecule has 0 radical (unpaired) electrons. The van der Waals surface area contributed by atoms with E-state index in [1.165, 1.54) is 30.5 Å². The van der Waals surface area contributed by atoms with Crippen LogP contribution in [0.25, 0.3) is 5.69 Å². The van der Waals surface area contributed by atoms with Crippen LogP contribution in [0.1, 0.15) is 11.3 Å². The van der Waals surface area contributed by atoms with Gasteiger partial charge in [-0.05, 0) is 54.1 Å². The van der Waals surface area contributed by atoms with Crippen LogP contribution in [-0.2, 0) is 11.2 Å². The Bertz CT molecular complexity index is 884. The van der Waals surface area contributed by atoms with Gasteiger partial charge in [0.05, 0.1) is 18.3 Å². The highest BCUT2D eigenvalue weighted by Crippen LogP contribution is 2.12. The number of hydrogen-bond acceptors (Lipinski definition) is 2. The third-order valence-corrected chi connectivity index (χ3v) is 3.55. The highest BCUT2D eigenvalue weighted by Gasteiger charge is 2.04. The normalized spacial score (nSPS) is 11.0. The van der Waals surface area contributed by atoms with E-state index in [2.05, 4.69) is 10.5 Å². The lowest BCUT2D eigenvalue weighted by molar-refractivity contribution is -0.120. The molecule has 25 heavy (non-hydrogen) atoms. The quantitative estimate of drug-likeness (QED) is 0.562. The smallest absolute Gasteiger partial charge is 0.244 e. The molecule has 6 heteroatoms. The number of carbonyl (C=O) groups excluding carboxylic acids is 1. The summed E-state index contributed by atoms with van der Waals surface area (Å²) in [6.45, 7) is 0. The Morgan fingerprint density at radius 1 is 1.00 bits per heavy atom. The molecule has 3 aromatic rings. The summed E-state index contributed by atoms with van der Waals surface area (Å²) in [7, 11) is 0. The fourth-order valence-electron chi connectivity index (χ4n) is 2.33. The van der Waals surface area contributed by atoms with Crippen LogP contribution in [-0.4, -0.2) is 16.7 Å². The number of rotatable bonds is 5. The van der Waals surface area contributed by atoms with Gasteiger partial charge in [-0.1, -0.05) is 12.1 Å². The lowest BCUT2D eigenvalue weighted by atomic mass is 10.1. The number of hydrazone groups is 1. The SMILES string of the molecule is O=C(Cc1ccc(F)cc1)N/N=C/c1cccn1-c1ccc(F)cc1. The largest absolute Gasteiger partial charge is 0.316 e. The van der Waals surface area contributed by atoms with E-state index in [1.54, 1.807) is 24.3 Å². The van der Waals surface area contributed by atoms with Crippen LogP contribution in [0.4, 0.5) is 8.78 Å². The molecule has 0 aliphatic rings. The molecule has 126 valence electrons. The van der Waals surface area contributed by atoms with E-state index in [-0.39, 0.29) is 24.0 Å². The number of aromatic nitrogens is 1. The van der Waals surface area contributed by atoms with E-state index in [1.807, 2.05) is 22.9 Å². The predicted octanol–water partition coefficient (Wildman–Crippen LogP) is 3.45. The van der Waals surface area contributed by atoms with Crippen LogP contribution in [0.5, 0.6) is 0 Å². The summed E-state index contributed by atoms with van der Waals surface area (Å²) in [5.41, 5.74) is 4.65. The van der Waals surface area contributed by atoms with E-state index in [0.29, 0.717) is 5.56 Å². The van der Waals surface area contributed by atoms with Crippen LogP contribution >= 0.6 is 0 Å². The van der Waals surface area contributed by atoms with Crippen LogP contribution < -0.4 is 5.43 Å². The molecule has 1 aromatic heterocycles. The van der Waals surface area contributed by atoms with Crippen molar-refractivity contribution < 1.29 is 13.6 Å². The first-order valence-corrected chi connectivity index (χ1v) is 7.61. The van der Waals surface area contributed by atoms with Crippen molar-refractivity contribution in [2.75, 3.05) is 0 Å². The van der Waals surface area contributed by atoms with E-state index in [0.717, 1.165) is 11.4 Å². The van der Waals surface area contributed by atoms with Crippen molar-refractivity contribution in [3.63, 3.8) is 0 Å². The fraction of sp³-hybridized carbons (Fsp3) is 0.0526. The highest BCUT2D eigenvalue weighted by molar-refractivity contribution is 5.82. The minimum Gasteiger partial charge on any atom is -0.316 e. The number of hydrogen-bond donors (Lipinski definition) is 1. The zero-order valence-corrected chi connectivity index (χ0v) is 13.2. The van der Waals surface area contributed by atoms with Crippen LogP contribution in [0.2, 0.25) is 0 Å². The predicted molar refractivity (Wildman–Crippen MR) is 91.6 cm³/mol. The highest BCUT2D eigenvalue weighted by atomic mass is 19.1. The number of carbonyl (C=O) groups is 1. The summed E-state index contributed by atoms with van der Waals surface area (Å²) < 4.78 is 27.7. The van der Waals surface area contributed by atoms with Gasteiger partial charge >= 0.3 is 0 Å². The standard InChI is InChI=1S/C19H15F2N3O/c20-15-5-3-14(4-6-15)12-19(25)23-22-13-18-2-1-11-24(18)17-9-7-16(21)8-10-17/h1-11,13H,12H2,(H,23,25)/b22-13+. The molecule has 1 amide bonds. The Morgan fingerprint density at radius 2 is 1.64 bits per heavy atom. The lowest BCUT2D eigenvalue weighted by Crippen LogP contribution is -2.20. The molecule has 0 aliphatic carbocycles. The average molecular weight is 339 g/mol.